The number of hydrogen-bond donors (Lipinski definition) is 1. The summed E-state index contributed by atoms with van der Waals surface area (Å²) in [5.41, 5.74) is 5.28. The van der Waals surface area contributed by atoms with Crippen LogP contribution in [0.3, 0.4) is 0 Å². The molecule has 0 saturated heterocycles. The van der Waals surface area contributed by atoms with Crippen LogP contribution < -0.4 is 0 Å². The highest BCUT2D eigenvalue weighted by Gasteiger charge is 2.11. The Hall–Kier alpha value is -2.62. The zero-order chi connectivity index (χ0) is 13.7. The van der Waals surface area contributed by atoms with Crippen LogP contribution in [0.1, 0.15) is 5.56 Å². The fourth-order valence-corrected chi connectivity index (χ4v) is 2.69. The molecule has 0 bridgehead atoms. The summed E-state index contributed by atoms with van der Waals surface area (Å²) in [5.74, 6) is 0. The summed E-state index contributed by atoms with van der Waals surface area (Å²) >= 11 is 0. The SMILES string of the molecule is Cc1cccc(-c2cc3c(ncc4c[nH]n(C)c43)n2)c1. The Bertz CT molecular complexity index is 930. The molecule has 0 fully saturated rings. The molecule has 0 amide bonds. The van der Waals surface area contributed by atoms with E-state index < -0.39 is 0 Å². The first-order valence-electron chi connectivity index (χ1n) is 6.59. The van der Waals surface area contributed by atoms with Crippen LogP contribution in [0.5, 0.6) is 0 Å². The minimum Gasteiger partial charge on any atom is -0.305 e. The van der Waals surface area contributed by atoms with Crippen molar-refractivity contribution >= 4 is 21.9 Å². The van der Waals surface area contributed by atoms with Gasteiger partial charge in [-0.25, -0.2) is 9.97 Å². The second kappa shape index (κ2) is 3.93. The topological polar surface area (TPSA) is 46.5 Å². The van der Waals surface area contributed by atoms with Gasteiger partial charge in [-0.15, -0.1) is 0 Å². The average Bonchev–Trinajstić information content (AvgIpc) is 3.02. The maximum absolute atomic E-state index is 4.66. The Labute approximate surface area is 116 Å². The zero-order valence-electron chi connectivity index (χ0n) is 11.4. The molecule has 0 aliphatic carbocycles. The monoisotopic (exact) mass is 262 g/mol. The van der Waals surface area contributed by atoms with Gasteiger partial charge in [-0.3, -0.25) is 4.68 Å². The smallest absolute Gasteiger partial charge is 0.162 e. The van der Waals surface area contributed by atoms with Crippen LogP contribution in [-0.4, -0.2) is 19.7 Å². The molecule has 3 aromatic heterocycles. The molecule has 98 valence electrons. The molecule has 0 unspecified atom stereocenters. The van der Waals surface area contributed by atoms with Gasteiger partial charge in [-0.05, 0) is 19.1 Å². The van der Waals surface area contributed by atoms with Crippen molar-refractivity contribution in [1.29, 1.82) is 0 Å². The first-order valence-corrected chi connectivity index (χ1v) is 6.59. The lowest BCUT2D eigenvalue weighted by atomic mass is 10.1. The predicted octanol–water partition coefficient (Wildman–Crippen LogP) is 3.43. The Morgan fingerprint density at radius 1 is 1.20 bits per heavy atom. The van der Waals surface area contributed by atoms with E-state index >= 15 is 0 Å². The number of H-pyrrole nitrogens is 1. The third-order valence-electron chi connectivity index (χ3n) is 3.67. The largest absolute Gasteiger partial charge is 0.305 e. The molecule has 0 aliphatic heterocycles. The van der Waals surface area contributed by atoms with Crippen LogP contribution in [0.25, 0.3) is 33.2 Å². The van der Waals surface area contributed by atoms with E-state index in [9.17, 15) is 0 Å². The summed E-state index contributed by atoms with van der Waals surface area (Å²) in [6.07, 6.45) is 3.82. The molecule has 1 N–H and O–H groups in total. The molecule has 4 rings (SSSR count). The summed E-state index contributed by atoms with van der Waals surface area (Å²) in [6, 6.07) is 10.5. The van der Waals surface area contributed by atoms with Gasteiger partial charge in [0.15, 0.2) is 5.65 Å². The van der Waals surface area contributed by atoms with Crippen LogP contribution in [0.4, 0.5) is 0 Å². The normalized spacial score (nSPS) is 11.5. The lowest BCUT2D eigenvalue weighted by Gasteiger charge is -1.97. The number of nitrogens with zero attached hydrogens (tertiary/aromatic N) is 3. The molecule has 3 heterocycles. The van der Waals surface area contributed by atoms with Crippen LogP contribution in [0, 0.1) is 6.92 Å². The highest BCUT2D eigenvalue weighted by molar-refractivity contribution is 6.04. The summed E-state index contributed by atoms with van der Waals surface area (Å²) in [6.45, 7) is 2.09. The third kappa shape index (κ3) is 1.54. The minimum atomic E-state index is 0.796. The van der Waals surface area contributed by atoms with E-state index in [4.69, 9.17) is 0 Å². The number of pyridine rings is 1. The van der Waals surface area contributed by atoms with Gasteiger partial charge in [0.2, 0.25) is 0 Å². The highest BCUT2D eigenvalue weighted by Crippen LogP contribution is 2.28. The van der Waals surface area contributed by atoms with Crippen molar-refractivity contribution < 1.29 is 0 Å². The number of fused-ring (bicyclic) bond motifs is 3. The average molecular weight is 262 g/mol. The minimum absolute atomic E-state index is 0.796. The second-order valence-corrected chi connectivity index (χ2v) is 5.14. The molecule has 0 aliphatic rings. The van der Waals surface area contributed by atoms with Crippen molar-refractivity contribution in [3.63, 3.8) is 0 Å². The molecule has 0 spiro atoms. The molecule has 20 heavy (non-hydrogen) atoms. The Morgan fingerprint density at radius 2 is 2.10 bits per heavy atom. The van der Waals surface area contributed by atoms with E-state index in [2.05, 4.69) is 52.3 Å². The van der Waals surface area contributed by atoms with Crippen molar-refractivity contribution in [2.45, 2.75) is 6.92 Å². The number of aryl methyl sites for hydroxylation is 2. The summed E-state index contributed by atoms with van der Waals surface area (Å²) < 4.78 is 2.00. The van der Waals surface area contributed by atoms with Gasteiger partial charge in [0.1, 0.15) is 0 Å². The number of nitrogens with one attached hydrogen (secondary N) is 1. The third-order valence-corrected chi connectivity index (χ3v) is 3.67. The lowest BCUT2D eigenvalue weighted by molar-refractivity contribution is 0.799. The van der Waals surface area contributed by atoms with Gasteiger partial charge >= 0.3 is 0 Å². The predicted molar refractivity (Wildman–Crippen MR) is 80.5 cm³/mol. The van der Waals surface area contributed by atoms with Gasteiger partial charge in [-0.2, -0.15) is 0 Å². The van der Waals surface area contributed by atoms with E-state index in [0.717, 1.165) is 33.2 Å². The van der Waals surface area contributed by atoms with Gasteiger partial charge in [-0.1, -0.05) is 23.8 Å². The molecule has 0 saturated carbocycles. The Balaban J connectivity index is 2.03. The molecular weight excluding hydrogens is 248 g/mol. The zero-order valence-corrected chi connectivity index (χ0v) is 11.4. The molecule has 0 radical (unpaired) electrons. The maximum atomic E-state index is 4.66. The van der Waals surface area contributed by atoms with Crippen LogP contribution in [-0.2, 0) is 7.05 Å². The van der Waals surface area contributed by atoms with Crippen molar-refractivity contribution in [1.82, 2.24) is 19.7 Å². The first-order chi connectivity index (χ1) is 9.72. The molecule has 0 atom stereocenters. The first kappa shape index (κ1) is 11.2. The fraction of sp³-hybridized carbons (Fsp3) is 0.125. The van der Waals surface area contributed by atoms with Crippen molar-refractivity contribution in [3.8, 4) is 11.3 Å². The number of rotatable bonds is 1. The summed E-state index contributed by atoms with van der Waals surface area (Å²) in [7, 11) is 2.00. The van der Waals surface area contributed by atoms with Crippen LogP contribution in [0.15, 0.2) is 42.7 Å². The van der Waals surface area contributed by atoms with Gasteiger partial charge in [0.05, 0.1) is 11.2 Å². The van der Waals surface area contributed by atoms with Gasteiger partial charge in [0.25, 0.3) is 0 Å². The van der Waals surface area contributed by atoms with E-state index in [1.807, 2.05) is 24.1 Å². The van der Waals surface area contributed by atoms with E-state index in [-0.39, 0.29) is 0 Å². The van der Waals surface area contributed by atoms with Gasteiger partial charge < -0.3 is 5.10 Å². The van der Waals surface area contributed by atoms with Gasteiger partial charge in [0, 0.05) is 35.8 Å². The van der Waals surface area contributed by atoms with E-state index in [0.29, 0.717) is 0 Å². The molecule has 4 aromatic rings. The summed E-state index contributed by atoms with van der Waals surface area (Å²) in [4.78, 5) is 9.10. The van der Waals surface area contributed by atoms with Crippen molar-refractivity contribution in [3.05, 3.63) is 48.3 Å². The maximum Gasteiger partial charge on any atom is 0.162 e. The standard InChI is InChI=1S/C16H14N4/c1-10-4-3-5-11(6-10)14-7-13-15-12(9-18-20(15)2)8-17-16(13)19-14/h3-9,18H,1-2H3. The van der Waals surface area contributed by atoms with Crippen LogP contribution in [0.2, 0.25) is 0 Å². The Kier molecular flexibility index (Phi) is 2.21. The van der Waals surface area contributed by atoms with Crippen LogP contribution >= 0.6 is 0 Å². The molecule has 4 heteroatoms. The van der Waals surface area contributed by atoms with Crippen molar-refractivity contribution in [2.75, 3.05) is 0 Å². The lowest BCUT2D eigenvalue weighted by Crippen LogP contribution is -1.89. The number of aromatic nitrogens is 4. The molecule has 4 nitrogen and oxygen atoms in total. The molecular formula is C16H14N4. The molecule has 1 aromatic carbocycles. The number of aromatic amines is 1. The van der Waals surface area contributed by atoms with Crippen molar-refractivity contribution in [2.24, 2.45) is 7.05 Å². The quantitative estimate of drug-likeness (QED) is 0.571. The highest BCUT2D eigenvalue weighted by atomic mass is 15.2. The second-order valence-electron chi connectivity index (χ2n) is 5.14. The Morgan fingerprint density at radius 3 is 2.95 bits per heavy atom. The number of hydrogen-bond acceptors (Lipinski definition) is 2. The fourth-order valence-electron chi connectivity index (χ4n) is 2.69. The van der Waals surface area contributed by atoms with E-state index in [1.54, 1.807) is 0 Å². The summed E-state index contributed by atoms with van der Waals surface area (Å²) in [5, 5.41) is 5.36. The number of benzene rings is 1. The van der Waals surface area contributed by atoms with E-state index in [1.165, 1.54) is 5.56 Å².